The van der Waals surface area contributed by atoms with Crippen molar-refractivity contribution in [3.63, 3.8) is 0 Å². The minimum absolute atomic E-state index is 0.0578. The molecule has 1 aliphatic heterocycles. The number of anilines is 1. The van der Waals surface area contributed by atoms with Gasteiger partial charge in [0.25, 0.3) is 0 Å². The molecular formula is C15H15Cl2N3O. The Morgan fingerprint density at radius 3 is 2.86 bits per heavy atom. The Morgan fingerprint density at radius 2 is 2.10 bits per heavy atom. The molecule has 6 heteroatoms. The van der Waals surface area contributed by atoms with Crippen molar-refractivity contribution in [3.05, 3.63) is 51.8 Å². The zero-order valence-electron chi connectivity index (χ0n) is 11.6. The number of aryl methyl sites for hydroxylation is 1. The Morgan fingerprint density at radius 1 is 1.24 bits per heavy atom. The average Bonchev–Trinajstić information content (AvgIpc) is 2.50. The van der Waals surface area contributed by atoms with Crippen molar-refractivity contribution in [1.29, 1.82) is 0 Å². The molecule has 0 bridgehead atoms. The Bertz CT molecular complexity index is 651. The summed E-state index contributed by atoms with van der Waals surface area (Å²) in [5.41, 5.74) is 1.97. The number of ether oxygens (including phenoxy) is 1. The lowest BCUT2D eigenvalue weighted by molar-refractivity contribution is 0.0392. The molecule has 0 radical (unpaired) electrons. The molecule has 0 amide bonds. The second kappa shape index (κ2) is 6.18. The van der Waals surface area contributed by atoms with Crippen molar-refractivity contribution in [2.24, 2.45) is 0 Å². The van der Waals surface area contributed by atoms with E-state index in [1.165, 1.54) is 0 Å². The number of hydrogen-bond donors (Lipinski definition) is 0. The van der Waals surface area contributed by atoms with Gasteiger partial charge in [-0.2, -0.15) is 0 Å². The second-order valence-corrected chi connectivity index (χ2v) is 5.79. The first-order chi connectivity index (χ1) is 10.1. The maximum Gasteiger partial charge on any atom is 0.225 e. The highest BCUT2D eigenvalue weighted by atomic mass is 35.5. The van der Waals surface area contributed by atoms with Gasteiger partial charge in [0, 0.05) is 18.4 Å². The molecule has 0 saturated carbocycles. The normalized spacial score (nSPS) is 18.8. The highest BCUT2D eigenvalue weighted by molar-refractivity contribution is 6.42. The summed E-state index contributed by atoms with van der Waals surface area (Å²) in [7, 11) is 0. The molecule has 1 atom stereocenters. The van der Waals surface area contributed by atoms with Crippen molar-refractivity contribution >= 4 is 29.2 Å². The van der Waals surface area contributed by atoms with Crippen LogP contribution in [-0.4, -0.2) is 29.7 Å². The van der Waals surface area contributed by atoms with Crippen LogP contribution in [0.3, 0.4) is 0 Å². The van der Waals surface area contributed by atoms with Crippen LogP contribution in [0.25, 0.3) is 0 Å². The van der Waals surface area contributed by atoms with Gasteiger partial charge in [0.2, 0.25) is 5.95 Å². The lowest BCUT2D eigenvalue weighted by Crippen LogP contribution is -2.39. The van der Waals surface area contributed by atoms with Gasteiger partial charge in [-0.3, -0.25) is 0 Å². The maximum atomic E-state index is 6.08. The smallest absolute Gasteiger partial charge is 0.225 e. The topological polar surface area (TPSA) is 38.2 Å². The Hall–Kier alpha value is -1.36. The van der Waals surface area contributed by atoms with E-state index in [4.69, 9.17) is 27.9 Å². The minimum Gasteiger partial charge on any atom is -0.370 e. The van der Waals surface area contributed by atoms with Crippen LogP contribution in [0.15, 0.2) is 30.5 Å². The van der Waals surface area contributed by atoms with E-state index >= 15 is 0 Å². The van der Waals surface area contributed by atoms with Crippen molar-refractivity contribution < 1.29 is 4.74 Å². The molecule has 1 fully saturated rings. The molecule has 2 aromatic rings. The predicted molar refractivity (Wildman–Crippen MR) is 84.1 cm³/mol. The van der Waals surface area contributed by atoms with Gasteiger partial charge in [-0.25, -0.2) is 9.97 Å². The number of benzene rings is 1. The lowest BCUT2D eigenvalue weighted by atomic mass is 10.1. The Balaban J connectivity index is 1.80. The van der Waals surface area contributed by atoms with Gasteiger partial charge in [-0.15, -0.1) is 0 Å². The fourth-order valence-corrected chi connectivity index (χ4v) is 2.64. The Kier molecular flexibility index (Phi) is 4.29. The maximum absolute atomic E-state index is 6.08. The van der Waals surface area contributed by atoms with E-state index in [-0.39, 0.29) is 6.10 Å². The van der Waals surface area contributed by atoms with Gasteiger partial charge in [-0.1, -0.05) is 29.3 Å². The second-order valence-electron chi connectivity index (χ2n) is 4.98. The first-order valence-electron chi connectivity index (χ1n) is 6.74. The van der Waals surface area contributed by atoms with Gasteiger partial charge in [0.1, 0.15) is 6.10 Å². The van der Waals surface area contributed by atoms with Gasteiger partial charge in [0.05, 0.1) is 23.2 Å². The van der Waals surface area contributed by atoms with E-state index < -0.39 is 0 Å². The molecule has 0 aliphatic carbocycles. The molecule has 1 saturated heterocycles. The standard InChI is InChI=1S/C15H15Cl2N3O/c1-10-4-5-18-15(19-10)20-6-7-21-14(9-20)11-2-3-12(16)13(17)8-11/h2-5,8,14H,6-7,9H2,1H3/t14-/m0/s1. The van der Waals surface area contributed by atoms with E-state index in [2.05, 4.69) is 14.9 Å². The fourth-order valence-electron chi connectivity index (χ4n) is 2.33. The van der Waals surface area contributed by atoms with Gasteiger partial charge in [0.15, 0.2) is 0 Å². The molecule has 110 valence electrons. The van der Waals surface area contributed by atoms with E-state index in [1.807, 2.05) is 25.1 Å². The first kappa shape index (κ1) is 14.6. The summed E-state index contributed by atoms with van der Waals surface area (Å²) < 4.78 is 5.84. The fraction of sp³-hybridized carbons (Fsp3) is 0.333. The van der Waals surface area contributed by atoms with Crippen molar-refractivity contribution in [3.8, 4) is 0 Å². The van der Waals surface area contributed by atoms with Crippen molar-refractivity contribution in [1.82, 2.24) is 9.97 Å². The summed E-state index contributed by atoms with van der Waals surface area (Å²) in [4.78, 5) is 10.9. The summed E-state index contributed by atoms with van der Waals surface area (Å²) in [5.74, 6) is 0.739. The quantitative estimate of drug-likeness (QED) is 0.845. The summed E-state index contributed by atoms with van der Waals surface area (Å²) in [6, 6.07) is 7.49. The molecule has 4 nitrogen and oxygen atoms in total. The molecule has 3 rings (SSSR count). The molecule has 0 spiro atoms. The third kappa shape index (κ3) is 3.28. The molecule has 1 aliphatic rings. The lowest BCUT2D eigenvalue weighted by Gasteiger charge is -2.33. The zero-order valence-corrected chi connectivity index (χ0v) is 13.1. The van der Waals surface area contributed by atoms with E-state index in [0.29, 0.717) is 23.2 Å². The van der Waals surface area contributed by atoms with Gasteiger partial charge < -0.3 is 9.64 Å². The number of rotatable bonds is 2. The van der Waals surface area contributed by atoms with Gasteiger partial charge in [-0.05, 0) is 30.7 Å². The molecule has 21 heavy (non-hydrogen) atoms. The summed E-state index contributed by atoms with van der Waals surface area (Å²) in [6.45, 7) is 4.06. The third-order valence-corrected chi connectivity index (χ3v) is 4.19. The highest BCUT2D eigenvalue weighted by Crippen LogP contribution is 2.29. The highest BCUT2D eigenvalue weighted by Gasteiger charge is 2.24. The zero-order chi connectivity index (χ0) is 14.8. The number of hydrogen-bond acceptors (Lipinski definition) is 4. The average molecular weight is 324 g/mol. The van der Waals surface area contributed by atoms with E-state index in [0.717, 1.165) is 23.8 Å². The van der Waals surface area contributed by atoms with Crippen LogP contribution in [0.5, 0.6) is 0 Å². The van der Waals surface area contributed by atoms with Crippen LogP contribution in [0.4, 0.5) is 5.95 Å². The number of morpholine rings is 1. The van der Waals surface area contributed by atoms with Crippen LogP contribution in [0.1, 0.15) is 17.4 Å². The predicted octanol–water partition coefficient (Wildman–Crippen LogP) is 3.67. The SMILES string of the molecule is Cc1ccnc(N2CCO[C@H](c3ccc(Cl)c(Cl)c3)C2)n1. The third-order valence-electron chi connectivity index (χ3n) is 3.45. The molecule has 0 N–H and O–H groups in total. The van der Waals surface area contributed by atoms with E-state index in [1.54, 1.807) is 12.3 Å². The summed E-state index contributed by atoms with van der Waals surface area (Å²) >= 11 is 12.0. The largest absolute Gasteiger partial charge is 0.370 e. The van der Waals surface area contributed by atoms with Crippen LogP contribution < -0.4 is 4.90 Å². The van der Waals surface area contributed by atoms with Gasteiger partial charge >= 0.3 is 0 Å². The van der Waals surface area contributed by atoms with Crippen LogP contribution >= 0.6 is 23.2 Å². The molecule has 1 aromatic heterocycles. The van der Waals surface area contributed by atoms with E-state index in [9.17, 15) is 0 Å². The monoisotopic (exact) mass is 323 g/mol. The summed E-state index contributed by atoms with van der Waals surface area (Å²) in [6.07, 6.45) is 1.72. The van der Waals surface area contributed by atoms with Crippen molar-refractivity contribution in [2.75, 3.05) is 24.6 Å². The Labute approximate surface area is 133 Å². The number of halogens is 2. The molecular weight excluding hydrogens is 309 g/mol. The van der Waals surface area contributed by atoms with Crippen LogP contribution in [-0.2, 0) is 4.74 Å². The molecule has 0 unspecified atom stereocenters. The molecule has 1 aromatic carbocycles. The summed E-state index contributed by atoms with van der Waals surface area (Å²) in [5, 5.41) is 1.09. The van der Waals surface area contributed by atoms with Crippen LogP contribution in [0, 0.1) is 6.92 Å². The minimum atomic E-state index is -0.0578. The number of aromatic nitrogens is 2. The van der Waals surface area contributed by atoms with Crippen LogP contribution in [0.2, 0.25) is 10.0 Å². The first-order valence-corrected chi connectivity index (χ1v) is 7.50. The van der Waals surface area contributed by atoms with Crippen molar-refractivity contribution in [2.45, 2.75) is 13.0 Å². The molecule has 2 heterocycles. The number of nitrogens with zero attached hydrogens (tertiary/aromatic N) is 3.